The minimum atomic E-state index is -0.440. The molecule has 1 amide bonds. The Morgan fingerprint density at radius 1 is 1.03 bits per heavy atom. The molecule has 0 atom stereocenters. The second-order valence-corrected chi connectivity index (χ2v) is 9.07. The Bertz CT molecular complexity index is 1150. The van der Waals surface area contributed by atoms with Gasteiger partial charge < -0.3 is 16.4 Å². The van der Waals surface area contributed by atoms with E-state index in [2.05, 4.69) is 33.2 Å². The van der Waals surface area contributed by atoms with Crippen LogP contribution in [0, 0.1) is 9.39 Å². The Kier molecular flexibility index (Phi) is 5.38. The maximum Gasteiger partial charge on any atom is 0.258 e. The Morgan fingerprint density at radius 3 is 2.33 bits per heavy atom. The van der Waals surface area contributed by atoms with E-state index in [4.69, 9.17) is 5.73 Å². The van der Waals surface area contributed by atoms with Crippen LogP contribution in [-0.2, 0) is 10.3 Å². The fourth-order valence-corrected chi connectivity index (χ4v) is 3.78. The highest BCUT2D eigenvalue weighted by atomic mass is 127. The summed E-state index contributed by atoms with van der Waals surface area (Å²) in [4.78, 5) is 12.9. The highest BCUT2D eigenvalue weighted by molar-refractivity contribution is 14.1. The monoisotopic (exact) mass is 513 g/mol. The van der Waals surface area contributed by atoms with Gasteiger partial charge in [0.15, 0.2) is 0 Å². The molecule has 0 saturated carbocycles. The van der Waals surface area contributed by atoms with Gasteiger partial charge in [0.05, 0.1) is 17.0 Å². The highest BCUT2D eigenvalue weighted by Crippen LogP contribution is 2.38. The van der Waals surface area contributed by atoms with Crippen LogP contribution in [0.3, 0.4) is 0 Å². The number of halogens is 2. The van der Waals surface area contributed by atoms with E-state index in [1.54, 1.807) is 6.07 Å². The third-order valence-electron chi connectivity index (χ3n) is 5.01. The van der Waals surface area contributed by atoms with Gasteiger partial charge in [-0.3, -0.25) is 4.79 Å². The minimum absolute atomic E-state index is 0.267. The van der Waals surface area contributed by atoms with Gasteiger partial charge in [-0.1, -0.05) is 24.3 Å². The van der Waals surface area contributed by atoms with Crippen molar-refractivity contribution < 1.29 is 9.18 Å². The summed E-state index contributed by atoms with van der Waals surface area (Å²) in [5.41, 5.74) is 10.7. The second-order valence-electron chi connectivity index (χ2n) is 7.82. The van der Waals surface area contributed by atoms with Crippen LogP contribution in [0.15, 0.2) is 66.7 Å². The number of nitrogens with two attached hydrogens (primary N) is 1. The van der Waals surface area contributed by atoms with Gasteiger partial charge in [0.2, 0.25) is 0 Å². The summed E-state index contributed by atoms with van der Waals surface area (Å²) in [7, 11) is 0. The number of carbonyl (C=O) groups excluding carboxylic acids is 1. The zero-order chi connectivity index (χ0) is 21.5. The van der Waals surface area contributed by atoms with Crippen molar-refractivity contribution in [3.05, 3.63) is 92.8 Å². The van der Waals surface area contributed by atoms with E-state index >= 15 is 0 Å². The molecule has 152 valence electrons. The Balaban J connectivity index is 1.83. The van der Waals surface area contributed by atoms with Crippen molar-refractivity contribution in [3.8, 4) is 0 Å². The van der Waals surface area contributed by atoms with Gasteiger partial charge in [0.25, 0.3) is 5.91 Å². The minimum Gasteiger partial charge on any atom is -0.354 e. The van der Waals surface area contributed by atoms with Crippen molar-refractivity contribution >= 4 is 51.1 Å². The fraction of sp³-hybridized carbons (Fsp3) is 0.125. The van der Waals surface area contributed by atoms with Crippen LogP contribution in [0.1, 0.15) is 30.5 Å². The molecule has 1 heterocycles. The lowest BCUT2D eigenvalue weighted by atomic mass is 9.95. The molecular weight excluding hydrogens is 492 g/mol. The van der Waals surface area contributed by atoms with Gasteiger partial charge >= 0.3 is 0 Å². The first-order valence-corrected chi connectivity index (χ1v) is 10.6. The summed E-state index contributed by atoms with van der Waals surface area (Å²) >= 11 is 2.24. The van der Waals surface area contributed by atoms with E-state index in [0.717, 1.165) is 20.4 Å². The largest absolute Gasteiger partial charge is 0.354 e. The molecule has 0 radical (unpaired) electrons. The summed E-state index contributed by atoms with van der Waals surface area (Å²) in [6.45, 7) is 3.90. The number of rotatable bonds is 4. The van der Waals surface area contributed by atoms with E-state index in [1.807, 2.05) is 62.4 Å². The first kappa shape index (κ1) is 20.6. The molecule has 4 N–H and O–H groups in total. The molecule has 0 aliphatic carbocycles. The molecule has 0 bridgehead atoms. The van der Waals surface area contributed by atoms with Gasteiger partial charge in [-0.25, -0.2) is 4.39 Å². The van der Waals surface area contributed by atoms with Crippen LogP contribution in [-0.4, -0.2) is 5.91 Å². The van der Waals surface area contributed by atoms with Crippen LogP contribution in [0.4, 0.5) is 15.8 Å². The molecule has 0 aromatic heterocycles. The predicted molar refractivity (Wildman–Crippen MR) is 128 cm³/mol. The van der Waals surface area contributed by atoms with Gasteiger partial charge in [0, 0.05) is 20.4 Å². The van der Waals surface area contributed by atoms with E-state index < -0.39 is 5.54 Å². The average molecular weight is 513 g/mol. The van der Waals surface area contributed by atoms with E-state index in [0.29, 0.717) is 22.5 Å². The quantitative estimate of drug-likeness (QED) is 0.316. The molecule has 0 fully saturated rings. The van der Waals surface area contributed by atoms with Crippen LogP contribution in [0.5, 0.6) is 0 Å². The van der Waals surface area contributed by atoms with Crippen molar-refractivity contribution in [2.24, 2.45) is 5.73 Å². The molecule has 0 saturated heterocycles. The molecule has 4 nitrogen and oxygen atoms in total. The maximum absolute atomic E-state index is 13.7. The molecule has 3 aromatic rings. The normalized spacial score (nSPS) is 14.9. The Morgan fingerprint density at radius 2 is 1.70 bits per heavy atom. The number of nitrogens with one attached hydrogen (secondary N) is 2. The second kappa shape index (κ2) is 7.85. The number of anilines is 2. The van der Waals surface area contributed by atoms with Crippen LogP contribution >= 0.6 is 22.6 Å². The SMILES string of the molecule is CC(C)(N)c1ccc(N/C(=C2\C(=O)Nc3cc(F)ccc32)c2ccc(I)cc2)cc1. The van der Waals surface area contributed by atoms with E-state index in [9.17, 15) is 9.18 Å². The number of hydrogen-bond acceptors (Lipinski definition) is 3. The van der Waals surface area contributed by atoms with Gasteiger partial charge in [-0.2, -0.15) is 0 Å². The molecule has 0 spiro atoms. The summed E-state index contributed by atoms with van der Waals surface area (Å²) in [5.74, 6) is -0.657. The van der Waals surface area contributed by atoms with Crippen LogP contribution in [0.2, 0.25) is 0 Å². The van der Waals surface area contributed by atoms with Crippen molar-refractivity contribution in [2.45, 2.75) is 19.4 Å². The number of carbonyl (C=O) groups is 1. The summed E-state index contributed by atoms with van der Waals surface area (Å²) in [5, 5.41) is 6.17. The fourth-order valence-electron chi connectivity index (χ4n) is 3.42. The van der Waals surface area contributed by atoms with E-state index in [1.165, 1.54) is 12.1 Å². The Labute approximate surface area is 188 Å². The maximum atomic E-state index is 13.7. The summed E-state index contributed by atoms with van der Waals surface area (Å²) in [6, 6.07) is 20.0. The van der Waals surface area contributed by atoms with Crippen molar-refractivity contribution in [1.29, 1.82) is 0 Å². The first-order chi connectivity index (χ1) is 14.2. The molecule has 3 aromatic carbocycles. The lowest BCUT2D eigenvalue weighted by Gasteiger charge is -2.20. The van der Waals surface area contributed by atoms with Crippen molar-refractivity contribution in [2.75, 3.05) is 10.6 Å². The van der Waals surface area contributed by atoms with Crippen molar-refractivity contribution in [3.63, 3.8) is 0 Å². The third kappa shape index (κ3) is 4.11. The summed E-state index contributed by atoms with van der Waals surface area (Å²) in [6.07, 6.45) is 0. The standard InChI is InChI=1S/C24H21FIN3O/c1-24(2,27)15-5-10-18(11-6-15)28-22(14-3-8-17(26)9-4-14)21-19-12-7-16(25)13-20(19)29-23(21)30/h3-13,28H,27H2,1-2H3,(H,29,30)/b22-21-. The topological polar surface area (TPSA) is 67.1 Å². The zero-order valence-electron chi connectivity index (χ0n) is 16.6. The summed E-state index contributed by atoms with van der Waals surface area (Å²) < 4.78 is 14.8. The molecule has 30 heavy (non-hydrogen) atoms. The van der Waals surface area contributed by atoms with Gasteiger partial charge in [-0.05, 0) is 90.0 Å². The number of hydrogen-bond donors (Lipinski definition) is 3. The third-order valence-corrected chi connectivity index (χ3v) is 5.73. The number of benzene rings is 3. The first-order valence-electron chi connectivity index (χ1n) is 9.50. The van der Waals surface area contributed by atoms with E-state index in [-0.39, 0.29) is 11.7 Å². The molecule has 1 aliphatic rings. The lowest BCUT2D eigenvalue weighted by Crippen LogP contribution is -2.28. The molecular formula is C24H21FIN3O. The smallest absolute Gasteiger partial charge is 0.258 e. The molecule has 1 aliphatic heterocycles. The van der Waals surface area contributed by atoms with Gasteiger partial charge in [0.1, 0.15) is 5.82 Å². The lowest BCUT2D eigenvalue weighted by molar-refractivity contribution is -0.110. The Hall–Kier alpha value is -2.71. The number of amides is 1. The van der Waals surface area contributed by atoms with Crippen molar-refractivity contribution in [1.82, 2.24) is 0 Å². The molecule has 0 unspecified atom stereocenters. The average Bonchev–Trinajstić information content (AvgIpc) is 3.01. The molecule has 4 rings (SSSR count). The van der Waals surface area contributed by atoms with Gasteiger partial charge in [-0.15, -0.1) is 0 Å². The highest BCUT2D eigenvalue weighted by Gasteiger charge is 2.29. The molecule has 6 heteroatoms. The predicted octanol–water partition coefficient (Wildman–Crippen LogP) is 5.56. The number of fused-ring (bicyclic) bond motifs is 1. The zero-order valence-corrected chi connectivity index (χ0v) is 18.7. The van der Waals surface area contributed by atoms with Crippen LogP contribution in [0.25, 0.3) is 11.3 Å². The van der Waals surface area contributed by atoms with Crippen LogP contribution < -0.4 is 16.4 Å².